The maximum atomic E-state index is 6.62. The fraction of sp³-hybridized carbons (Fsp3) is 0.0149. The molecule has 11 aromatic carbocycles. The van der Waals surface area contributed by atoms with Crippen LogP contribution in [0, 0.1) is 0 Å². The molecule has 0 radical (unpaired) electrons. The van der Waals surface area contributed by atoms with E-state index in [4.69, 9.17) is 4.42 Å². The molecule has 0 bridgehead atoms. The minimum Gasteiger partial charge on any atom is -0.455 e. The molecule has 0 saturated heterocycles. The third-order valence-electron chi connectivity index (χ3n) is 14.6. The number of hydrogen-bond acceptors (Lipinski definition) is 3. The Balaban J connectivity index is 0.947. The summed E-state index contributed by atoms with van der Waals surface area (Å²) < 4.78 is 9.26. The van der Waals surface area contributed by atoms with E-state index >= 15 is 0 Å². The lowest BCUT2D eigenvalue weighted by Gasteiger charge is -2.34. The van der Waals surface area contributed by atoms with Gasteiger partial charge >= 0.3 is 0 Å². The highest BCUT2D eigenvalue weighted by Gasteiger charge is 2.47. The first-order valence-electron chi connectivity index (χ1n) is 24.0. The number of anilines is 3. The van der Waals surface area contributed by atoms with E-state index in [0.717, 1.165) is 55.7 Å². The molecule has 1 aliphatic carbocycles. The molecule has 0 N–H and O–H groups in total. The molecule has 0 unspecified atom stereocenters. The highest BCUT2D eigenvalue weighted by molar-refractivity contribution is 7.25. The van der Waals surface area contributed by atoms with Crippen LogP contribution in [0.25, 0.3) is 86.6 Å². The monoisotopic (exact) mass is 909 g/mol. The molecule has 328 valence electrons. The topological polar surface area (TPSA) is 16.4 Å². The molecule has 0 atom stereocenters. The Bertz CT molecular complexity index is 4090. The minimum atomic E-state index is -0.537. The van der Waals surface area contributed by atoms with E-state index in [1.54, 1.807) is 0 Å². The summed E-state index contributed by atoms with van der Waals surface area (Å²) in [5.41, 5.74) is 18.9. The second-order valence-electron chi connectivity index (χ2n) is 18.3. The zero-order valence-corrected chi connectivity index (χ0v) is 38.9. The smallest absolute Gasteiger partial charge is 0.143 e. The molecular formula is C67H43NOS. The zero-order valence-electron chi connectivity index (χ0n) is 38.1. The van der Waals surface area contributed by atoms with Crippen molar-refractivity contribution in [2.24, 2.45) is 0 Å². The minimum absolute atomic E-state index is 0.537. The van der Waals surface area contributed by atoms with Crippen LogP contribution in [-0.2, 0) is 5.41 Å². The summed E-state index contributed by atoms with van der Waals surface area (Å²) >= 11 is 1.86. The van der Waals surface area contributed by atoms with Crippen molar-refractivity contribution in [3.63, 3.8) is 0 Å². The first kappa shape index (κ1) is 40.3. The second-order valence-corrected chi connectivity index (χ2v) is 19.4. The highest BCUT2D eigenvalue weighted by Crippen LogP contribution is 2.59. The summed E-state index contributed by atoms with van der Waals surface area (Å²) in [7, 11) is 0. The van der Waals surface area contributed by atoms with Crippen molar-refractivity contribution >= 4 is 70.5 Å². The molecule has 14 rings (SSSR count). The summed E-state index contributed by atoms with van der Waals surface area (Å²) in [4.78, 5) is 2.46. The van der Waals surface area contributed by atoms with E-state index in [1.165, 1.54) is 70.2 Å². The number of para-hydroxylation sites is 2. The Morgan fingerprint density at radius 1 is 0.343 bits per heavy atom. The molecule has 1 aliphatic rings. The number of nitrogens with zero attached hydrogens (tertiary/aromatic N) is 1. The van der Waals surface area contributed by atoms with E-state index in [9.17, 15) is 0 Å². The predicted octanol–water partition coefficient (Wildman–Crippen LogP) is 18.8. The van der Waals surface area contributed by atoms with E-state index in [0.29, 0.717) is 0 Å². The van der Waals surface area contributed by atoms with Gasteiger partial charge < -0.3 is 9.32 Å². The Morgan fingerprint density at radius 2 is 0.929 bits per heavy atom. The van der Waals surface area contributed by atoms with Crippen LogP contribution >= 0.6 is 11.3 Å². The lowest BCUT2D eigenvalue weighted by atomic mass is 9.68. The fourth-order valence-electron chi connectivity index (χ4n) is 11.5. The van der Waals surface area contributed by atoms with Crippen LogP contribution in [0.4, 0.5) is 17.1 Å². The van der Waals surface area contributed by atoms with Crippen molar-refractivity contribution in [3.05, 3.63) is 283 Å². The van der Waals surface area contributed by atoms with Crippen molar-refractivity contribution < 1.29 is 4.42 Å². The van der Waals surface area contributed by atoms with E-state index in [1.807, 2.05) is 17.4 Å². The first-order chi connectivity index (χ1) is 34.7. The Kier molecular flexibility index (Phi) is 9.33. The lowest BCUT2D eigenvalue weighted by Crippen LogP contribution is -2.28. The Hall–Kier alpha value is -8.76. The van der Waals surface area contributed by atoms with Gasteiger partial charge in [0.1, 0.15) is 11.2 Å². The van der Waals surface area contributed by atoms with Gasteiger partial charge in [0, 0.05) is 53.4 Å². The molecule has 13 aromatic rings. The zero-order chi connectivity index (χ0) is 46.2. The Labute approximate surface area is 410 Å². The first-order valence-corrected chi connectivity index (χ1v) is 24.8. The van der Waals surface area contributed by atoms with Crippen LogP contribution in [0.15, 0.2) is 265 Å². The normalized spacial score (nSPS) is 12.7. The number of hydrogen-bond donors (Lipinski definition) is 0. The highest BCUT2D eigenvalue weighted by atomic mass is 32.1. The van der Waals surface area contributed by atoms with Crippen molar-refractivity contribution in [1.82, 2.24) is 0 Å². The van der Waals surface area contributed by atoms with Gasteiger partial charge in [-0.3, -0.25) is 0 Å². The lowest BCUT2D eigenvalue weighted by molar-refractivity contribution is 0.670. The van der Waals surface area contributed by atoms with Gasteiger partial charge in [-0.25, -0.2) is 0 Å². The van der Waals surface area contributed by atoms with Crippen molar-refractivity contribution in [3.8, 4) is 44.5 Å². The van der Waals surface area contributed by atoms with Crippen molar-refractivity contribution in [2.45, 2.75) is 5.41 Å². The maximum Gasteiger partial charge on any atom is 0.143 e. The van der Waals surface area contributed by atoms with Crippen molar-refractivity contribution in [2.75, 3.05) is 4.90 Å². The van der Waals surface area contributed by atoms with Crippen LogP contribution in [-0.4, -0.2) is 0 Å². The average molecular weight is 910 g/mol. The van der Waals surface area contributed by atoms with Gasteiger partial charge in [0.05, 0.1) is 11.1 Å². The summed E-state index contributed by atoms with van der Waals surface area (Å²) in [6, 6.07) is 95.6. The van der Waals surface area contributed by atoms with Gasteiger partial charge in [-0.15, -0.1) is 11.3 Å². The molecule has 70 heavy (non-hydrogen) atoms. The molecule has 0 aliphatic heterocycles. The molecule has 2 aromatic heterocycles. The predicted molar refractivity (Wildman–Crippen MR) is 295 cm³/mol. The Morgan fingerprint density at radius 3 is 1.76 bits per heavy atom. The standard InChI is InChI=1S/C67H43NOS/c1-3-20-49(21-4-1)67(50-22-5-2-6-23-50)59-30-10-7-27-57(59)65-60(67)31-16-32-61(65)68(52-24-14-19-48(42-52)53-28-15-29-56-54-25-8-11-33-62(54)69-66(53)56)51-38-35-44(36-39-51)45-17-13-18-46(41-45)47-37-40-64-58(43-47)55-26-9-12-34-63(55)70-64/h1-43H. The van der Waals surface area contributed by atoms with Gasteiger partial charge in [0.25, 0.3) is 0 Å². The summed E-state index contributed by atoms with van der Waals surface area (Å²) in [5, 5.41) is 4.87. The molecular weight excluding hydrogens is 867 g/mol. The number of rotatable bonds is 8. The molecule has 2 nitrogen and oxygen atoms in total. The number of thiophene rings is 1. The molecule has 0 saturated carbocycles. The van der Waals surface area contributed by atoms with Crippen LogP contribution in [0.1, 0.15) is 22.3 Å². The average Bonchev–Trinajstić information content (AvgIpc) is 4.11. The quantitative estimate of drug-likeness (QED) is 0.151. The van der Waals surface area contributed by atoms with Crippen LogP contribution in [0.3, 0.4) is 0 Å². The van der Waals surface area contributed by atoms with Crippen molar-refractivity contribution in [1.29, 1.82) is 0 Å². The number of fused-ring (bicyclic) bond motifs is 9. The van der Waals surface area contributed by atoms with E-state index in [-0.39, 0.29) is 0 Å². The van der Waals surface area contributed by atoms with E-state index < -0.39 is 5.41 Å². The van der Waals surface area contributed by atoms with Gasteiger partial charge in [-0.05, 0) is 116 Å². The third kappa shape index (κ3) is 6.25. The van der Waals surface area contributed by atoms with Gasteiger partial charge in [-0.1, -0.05) is 200 Å². The molecule has 2 heterocycles. The van der Waals surface area contributed by atoms with Gasteiger partial charge in [-0.2, -0.15) is 0 Å². The second kappa shape index (κ2) is 16.2. The van der Waals surface area contributed by atoms with Crippen LogP contribution < -0.4 is 4.90 Å². The number of furan rings is 1. The maximum absolute atomic E-state index is 6.62. The molecule has 3 heteroatoms. The summed E-state index contributed by atoms with van der Waals surface area (Å²) in [5.74, 6) is 0. The third-order valence-corrected chi connectivity index (χ3v) is 15.7. The molecule has 0 spiro atoms. The summed E-state index contributed by atoms with van der Waals surface area (Å²) in [6.07, 6.45) is 0. The largest absolute Gasteiger partial charge is 0.455 e. The van der Waals surface area contributed by atoms with Crippen LogP contribution in [0.2, 0.25) is 0 Å². The van der Waals surface area contributed by atoms with Crippen LogP contribution in [0.5, 0.6) is 0 Å². The van der Waals surface area contributed by atoms with E-state index in [2.05, 4.69) is 260 Å². The molecule has 0 fully saturated rings. The summed E-state index contributed by atoms with van der Waals surface area (Å²) in [6.45, 7) is 0. The van der Waals surface area contributed by atoms with Gasteiger partial charge in [0.2, 0.25) is 0 Å². The fourth-order valence-corrected chi connectivity index (χ4v) is 12.5. The van der Waals surface area contributed by atoms with Gasteiger partial charge in [0.15, 0.2) is 0 Å². The molecule has 0 amide bonds. The SMILES string of the molecule is c1ccc(C2(c3ccccc3)c3ccccc3-c3c(N(c4ccc(-c5cccc(-c6ccc7sc8ccccc8c7c6)c5)cc4)c4cccc(-c5cccc6c5oc5ccccc56)c4)cccc32)cc1. The number of benzene rings is 11.